The highest BCUT2D eigenvalue weighted by atomic mass is 16.6. The Labute approximate surface area is 128 Å². The summed E-state index contributed by atoms with van der Waals surface area (Å²) in [6.45, 7) is 5.35. The lowest BCUT2D eigenvalue weighted by atomic mass is 10.2. The molecule has 0 radical (unpaired) electrons. The van der Waals surface area contributed by atoms with E-state index >= 15 is 0 Å². The van der Waals surface area contributed by atoms with Gasteiger partial charge in [0, 0.05) is 13.0 Å². The number of carboxylic acids is 1. The summed E-state index contributed by atoms with van der Waals surface area (Å²) < 4.78 is 10.5. The molecule has 0 atom stereocenters. The summed E-state index contributed by atoms with van der Waals surface area (Å²) >= 11 is 0. The SMILES string of the molecule is CC(C)(C)OC(=O)Nc1ccc(C(=O)O)cc1OCCCO. The van der Waals surface area contributed by atoms with Crippen molar-refractivity contribution in [2.45, 2.75) is 32.8 Å². The summed E-state index contributed by atoms with van der Waals surface area (Å²) in [5, 5.41) is 20.3. The lowest BCUT2D eigenvalue weighted by Gasteiger charge is -2.20. The van der Waals surface area contributed by atoms with E-state index in [1.807, 2.05) is 0 Å². The zero-order valence-electron chi connectivity index (χ0n) is 12.9. The molecule has 0 saturated carbocycles. The average molecular weight is 311 g/mol. The Balaban J connectivity index is 2.91. The Morgan fingerprint density at radius 2 is 1.95 bits per heavy atom. The standard InChI is InChI=1S/C15H21NO6/c1-15(2,3)22-14(20)16-11-6-5-10(13(18)19)9-12(11)21-8-4-7-17/h5-6,9,17H,4,7-8H2,1-3H3,(H,16,20)(H,18,19). The summed E-state index contributed by atoms with van der Waals surface area (Å²) in [7, 11) is 0. The van der Waals surface area contributed by atoms with E-state index in [0.29, 0.717) is 12.1 Å². The molecule has 0 aliphatic carbocycles. The number of carbonyl (C=O) groups excluding carboxylic acids is 1. The summed E-state index contributed by atoms with van der Waals surface area (Å²) in [4.78, 5) is 22.8. The van der Waals surface area contributed by atoms with E-state index in [1.165, 1.54) is 18.2 Å². The van der Waals surface area contributed by atoms with Crippen LogP contribution in [0.3, 0.4) is 0 Å². The van der Waals surface area contributed by atoms with Crippen molar-refractivity contribution in [3.63, 3.8) is 0 Å². The molecule has 0 bridgehead atoms. The fourth-order valence-corrected chi connectivity index (χ4v) is 1.54. The van der Waals surface area contributed by atoms with Crippen LogP contribution < -0.4 is 10.1 Å². The number of aliphatic hydroxyl groups excluding tert-OH is 1. The van der Waals surface area contributed by atoms with Crippen molar-refractivity contribution in [3.05, 3.63) is 23.8 Å². The Bertz CT molecular complexity index is 535. The quantitative estimate of drug-likeness (QED) is 0.697. The zero-order chi connectivity index (χ0) is 16.8. The van der Waals surface area contributed by atoms with Crippen molar-refractivity contribution in [2.24, 2.45) is 0 Å². The molecule has 1 aromatic carbocycles. The van der Waals surface area contributed by atoms with Crippen LogP contribution in [0.1, 0.15) is 37.6 Å². The number of amides is 1. The number of anilines is 1. The molecule has 0 spiro atoms. The summed E-state index contributed by atoms with van der Waals surface area (Å²) in [6.07, 6.45) is -0.272. The molecular formula is C15H21NO6. The van der Waals surface area contributed by atoms with Crippen LogP contribution in [0.4, 0.5) is 10.5 Å². The second-order valence-electron chi connectivity index (χ2n) is 5.57. The average Bonchev–Trinajstić information content (AvgIpc) is 2.38. The van der Waals surface area contributed by atoms with Gasteiger partial charge in [-0.05, 0) is 39.0 Å². The molecular weight excluding hydrogens is 290 g/mol. The van der Waals surface area contributed by atoms with Crippen LogP contribution in [0.15, 0.2) is 18.2 Å². The van der Waals surface area contributed by atoms with Crippen LogP contribution in [0.25, 0.3) is 0 Å². The van der Waals surface area contributed by atoms with E-state index in [0.717, 1.165) is 0 Å². The van der Waals surface area contributed by atoms with Gasteiger partial charge < -0.3 is 19.7 Å². The maximum absolute atomic E-state index is 11.8. The predicted octanol–water partition coefficient (Wildman–Crippen LogP) is 2.49. The van der Waals surface area contributed by atoms with Crippen molar-refractivity contribution in [1.29, 1.82) is 0 Å². The van der Waals surface area contributed by atoms with Crippen LogP contribution in [-0.2, 0) is 4.74 Å². The minimum absolute atomic E-state index is 0.0359. The fraction of sp³-hybridized carbons (Fsp3) is 0.467. The monoisotopic (exact) mass is 311 g/mol. The van der Waals surface area contributed by atoms with Gasteiger partial charge in [0.15, 0.2) is 0 Å². The van der Waals surface area contributed by atoms with Gasteiger partial charge in [-0.3, -0.25) is 5.32 Å². The molecule has 0 heterocycles. The van der Waals surface area contributed by atoms with Crippen molar-refractivity contribution in [3.8, 4) is 5.75 Å². The van der Waals surface area contributed by atoms with Crippen LogP contribution in [0.5, 0.6) is 5.75 Å². The topological polar surface area (TPSA) is 105 Å². The first-order chi connectivity index (χ1) is 10.2. The molecule has 1 amide bonds. The summed E-state index contributed by atoms with van der Waals surface area (Å²) in [5.74, 6) is -0.893. The molecule has 7 heteroatoms. The largest absolute Gasteiger partial charge is 0.491 e. The van der Waals surface area contributed by atoms with Crippen LogP contribution in [0, 0.1) is 0 Å². The van der Waals surface area contributed by atoms with Gasteiger partial charge in [0.25, 0.3) is 0 Å². The first kappa shape index (κ1) is 17.8. The first-order valence-electron chi connectivity index (χ1n) is 6.84. The Morgan fingerprint density at radius 1 is 1.27 bits per heavy atom. The number of aliphatic hydroxyl groups is 1. The molecule has 0 saturated heterocycles. The third kappa shape index (κ3) is 6.01. The van der Waals surface area contributed by atoms with E-state index in [4.69, 9.17) is 19.7 Å². The molecule has 7 nitrogen and oxygen atoms in total. The number of benzene rings is 1. The summed E-state index contributed by atoms with van der Waals surface area (Å²) in [6, 6.07) is 4.10. The number of ether oxygens (including phenoxy) is 2. The third-order valence-corrected chi connectivity index (χ3v) is 2.42. The van der Waals surface area contributed by atoms with E-state index in [1.54, 1.807) is 20.8 Å². The molecule has 22 heavy (non-hydrogen) atoms. The van der Waals surface area contributed by atoms with Crippen LogP contribution in [0.2, 0.25) is 0 Å². The Hall–Kier alpha value is -2.28. The number of carboxylic acid groups (broad SMARTS) is 1. The van der Waals surface area contributed by atoms with Gasteiger partial charge in [0.1, 0.15) is 11.4 Å². The Morgan fingerprint density at radius 3 is 2.50 bits per heavy atom. The molecule has 0 unspecified atom stereocenters. The number of carbonyl (C=O) groups is 2. The van der Waals surface area contributed by atoms with Gasteiger partial charge in [-0.1, -0.05) is 0 Å². The van der Waals surface area contributed by atoms with Gasteiger partial charge in [-0.15, -0.1) is 0 Å². The van der Waals surface area contributed by atoms with Crippen molar-refractivity contribution in [2.75, 3.05) is 18.5 Å². The van der Waals surface area contributed by atoms with Gasteiger partial charge in [0.2, 0.25) is 0 Å². The molecule has 3 N–H and O–H groups in total. The highest BCUT2D eigenvalue weighted by Gasteiger charge is 2.18. The van der Waals surface area contributed by atoms with Gasteiger partial charge in [-0.2, -0.15) is 0 Å². The number of nitrogens with one attached hydrogen (secondary N) is 1. The number of hydrogen-bond acceptors (Lipinski definition) is 5. The third-order valence-electron chi connectivity index (χ3n) is 2.42. The minimum Gasteiger partial charge on any atom is -0.491 e. The smallest absolute Gasteiger partial charge is 0.412 e. The van der Waals surface area contributed by atoms with Crippen molar-refractivity contribution in [1.82, 2.24) is 0 Å². The Kier molecular flexibility index (Phi) is 6.18. The molecule has 1 aromatic rings. The molecule has 0 aromatic heterocycles. The van der Waals surface area contributed by atoms with Crippen molar-refractivity contribution >= 4 is 17.7 Å². The lowest BCUT2D eigenvalue weighted by Crippen LogP contribution is -2.27. The first-order valence-corrected chi connectivity index (χ1v) is 6.84. The molecule has 0 aliphatic rings. The highest BCUT2D eigenvalue weighted by Crippen LogP contribution is 2.27. The number of rotatable bonds is 6. The fourth-order valence-electron chi connectivity index (χ4n) is 1.54. The van der Waals surface area contributed by atoms with Gasteiger partial charge in [0.05, 0.1) is 17.9 Å². The summed E-state index contributed by atoms with van der Waals surface area (Å²) in [5.41, 5.74) is -0.311. The van der Waals surface area contributed by atoms with E-state index in [2.05, 4.69) is 5.32 Å². The van der Waals surface area contributed by atoms with Gasteiger partial charge >= 0.3 is 12.1 Å². The van der Waals surface area contributed by atoms with Gasteiger partial charge in [-0.25, -0.2) is 9.59 Å². The number of aromatic carboxylic acids is 1. The predicted molar refractivity (Wildman–Crippen MR) is 80.5 cm³/mol. The second-order valence-corrected chi connectivity index (χ2v) is 5.57. The maximum Gasteiger partial charge on any atom is 0.412 e. The van der Waals surface area contributed by atoms with Crippen molar-refractivity contribution < 1.29 is 29.3 Å². The van der Waals surface area contributed by atoms with E-state index in [-0.39, 0.29) is 24.5 Å². The molecule has 0 aliphatic heterocycles. The van der Waals surface area contributed by atoms with Crippen LogP contribution >= 0.6 is 0 Å². The molecule has 0 fully saturated rings. The van der Waals surface area contributed by atoms with Crippen LogP contribution in [-0.4, -0.2) is 41.1 Å². The normalized spacial score (nSPS) is 10.9. The second kappa shape index (κ2) is 7.65. The minimum atomic E-state index is -1.10. The zero-order valence-corrected chi connectivity index (χ0v) is 12.9. The number of hydrogen-bond donors (Lipinski definition) is 3. The maximum atomic E-state index is 11.8. The van der Waals surface area contributed by atoms with E-state index in [9.17, 15) is 9.59 Å². The highest BCUT2D eigenvalue weighted by molar-refractivity contribution is 5.92. The molecule has 1 rings (SSSR count). The van der Waals surface area contributed by atoms with E-state index < -0.39 is 17.7 Å². The lowest BCUT2D eigenvalue weighted by molar-refractivity contribution is 0.0634. The molecule has 122 valence electrons.